The zero-order valence-corrected chi connectivity index (χ0v) is 12.3. The van der Waals surface area contributed by atoms with Crippen LogP contribution in [-0.4, -0.2) is 16.5 Å². The summed E-state index contributed by atoms with van der Waals surface area (Å²) < 4.78 is 0. The molecule has 2 nitrogen and oxygen atoms in total. The van der Waals surface area contributed by atoms with E-state index in [9.17, 15) is 9.90 Å². The van der Waals surface area contributed by atoms with Crippen LogP contribution in [0, 0.1) is 21.7 Å². The number of hydrogen-bond acceptors (Lipinski definition) is 1. The summed E-state index contributed by atoms with van der Waals surface area (Å²) in [7, 11) is 0. The molecule has 0 aromatic rings. The Kier molecular flexibility index (Phi) is 2.31. The van der Waals surface area contributed by atoms with E-state index in [-0.39, 0.29) is 5.41 Å². The third-order valence-electron chi connectivity index (χ3n) is 5.65. The maximum absolute atomic E-state index is 11.4. The van der Waals surface area contributed by atoms with Crippen LogP contribution in [0.4, 0.5) is 0 Å². The summed E-state index contributed by atoms with van der Waals surface area (Å²) in [5, 5.41) is 8.65. The van der Waals surface area contributed by atoms with Crippen LogP contribution in [0.25, 0.3) is 0 Å². The highest BCUT2D eigenvalue weighted by Crippen LogP contribution is 2.74. The van der Waals surface area contributed by atoms with Gasteiger partial charge < -0.3 is 5.11 Å². The first-order valence-electron chi connectivity index (χ1n) is 6.97. The van der Waals surface area contributed by atoms with Crippen LogP contribution in [0.15, 0.2) is 0 Å². The highest BCUT2D eigenvalue weighted by atomic mass is 35.5. The molecule has 4 aliphatic rings. The Morgan fingerprint density at radius 3 is 1.56 bits per heavy atom. The van der Waals surface area contributed by atoms with Crippen molar-refractivity contribution in [3.63, 3.8) is 0 Å². The van der Waals surface area contributed by atoms with E-state index in [1.54, 1.807) is 0 Å². The molecule has 4 rings (SSSR count). The summed E-state index contributed by atoms with van der Waals surface area (Å²) in [6, 6.07) is 0. The summed E-state index contributed by atoms with van der Waals surface area (Å²) in [6.07, 6.45) is 6.77. The molecule has 4 fully saturated rings. The topological polar surface area (TPSA) is 37.3 Å². The second kappa shape index (κ2) is 3.26. The number of hydrogen-bond donors (Lipinski definition) is 1. The predicted octanol–water partition coefficient (Wildman–Crippen LogP) is 4.07. The third-order valence-corrected chi connectivity index (χ3v) is 6.30. The Morgan fingerprint density at radius 1 is 0.944 bits per heavy atom. The molecule has 0 aliphatic heterocycles. The number of alkyl halides is 1. The maximum atomic E-state index is 11.4. The molecular weight excluding hydrogens is 248 g/mol. The van der Waals surface area contributed by atoms with Gasteiger partial charge in [0.15, 0.2) is 0 Å². The molecular formula is C15H23ClO2. The second-order valence-corrected chi connectivity index (χ2v) is 8.99. The molecule has 102 valence electrons. The molecule has 4 aliphatic carbocycles. The highest BCUT2D eigenvalue weighted by Gasteiger charge is 2.66. The van der Waals surface area contributed by atoms with E-state index < -0.39 is 11.3 Å². The number of halogens is 1. The van der Waals surface area contributed by atoms with Gasteiger partial charge >= 0.3 is 5.97 Å². The monoisotopic (exact) mass is 270 g/mol. The third kappa shape index (κ3) is 1.64. The summed E-state index contributed by atoms with van der Waals surface area (Å²) in [4.78, 5) is 11.4. The van der Waals surface area contributed by atoms with Gasteiger partial charge in [0.1, 0.15) is 5.38 Å². The van der Waals surface area contributed by atoms with Crippen LogP contribution in [0.1, 0.15) is 59.3 Å². The van der Waals surface area contributed by atoms with Gasteiger partial charge in [-0.1, -0.05) is 20.8 Å². The van der Waals surface area contributed by atoms with Crippen molar-refractivity contribution in [3.05, 3.63) is 0 Å². The average molecular weight is 271 g/mol. The first-order chi connectivity index (χ1) is 8.10. The minimum atomic E-state index is -0.825. The normalized spacial score (nSPS) is 55.6. The summed E-state index contributed by atoms with van der Waals surface area (Å²) in [5.41, 5.74) is 0.753. The Hall–Kier alpha value is -0.240. The van der Waals surface area contributed by atoms with E-state index in [0.717, 1.165) is 19.3 Å². The molecule has 0 aromatic heterocycles. The largest absolute Gasteiger partial charge is 0.480 e. The SMILES string of the molecule is CC12CC3(C)CC(C)(C1)CC([C@H](Cl)C(=O)O)(C2)C3. The lowest BCUT2D eigenvalue weighted by atomic mass is 9.36. The summed E-state index contributed by atoms with van der Waals surface area (Å²) in [5.74, 6) is -0.825. The van der Waals surface area contributed by atoms with Crippen LogP contribution >= 0.6 is 11.6 Å². The van der Waals surface area contributed by atoms with E-state index in [0.29, 0.717) is 16.2 Å². The van der Waals surface area contributed by atoms with Crippen molar-refractivity contribution in [2.24, 2.45) is 21.7 Å². The van der Waals surface area contributed by atoms with Gasteiger partial charge in [-0.05, 0) is 60.2 Å². The smallest absolute Gasteiger partial charge is 0.322 e. The molecule has 1 N–H and O–H groups in total. The van der Waals surface area contributed by atoms with Crippen molar-refractivity contribution in [2.45, 2.75) is 64.7 Å². The van der Waals surface area contributed by atoms with Crippen molar-refractivity contribution in [3.8, 4) is 0 Å². The quantitative estimate of drug-likeness (QED) is 0.768. The molecule has 4 bridgehead atoms. The number of aliphatic carboxylic acids is 1. The van der Waals surface area contributed by atoms with Crippen LogP contribution in [0.5, 0.6) is 0 Å². The van der Waals surface area contributed by atoms with Gasteiger partial charge in [0.2, 0.25) is 0 Å². The van der Waals surface area contributed by atoms with Gasteiger partial charge in [-0.3, -0.25) is 4.79 Å². The van der Waals surface area contributed by atoms with E-state index in [1.807, 2.05) is 0 Å². The van der Waals surface area contributed by atoms with E-state index >= 15 is 0 Å². The van der Waals surface area contributed by atoms with Crippen LogP contribution in [-0.2, 0) is 4.79 Å². The van der Waals surface area contributed by atoms with Gasteiger partial charge in [-0.2, -0.15) is 0 Å². The number of rotatable bonds is 2. The predicted molar refractivity (Wildman–Crippen MR) is 71.7 cm³/mol. The minimum absolute atomic E-state index is 0.166. The standard InChI is InChI=1S/C15H23ClO2/c1-12-4-13(2)6-14(3,5-12)9-15(7-12,8-13)10(16)11(17)18/h10H,4-9H2,1-3H3,(H,17,18)/t10-,12?,13?,14?,15?/m1/s1. The molecule has 0 aromatic carbocycles. The molecule has 0 saturated heterocycles. The molecule has 1 atom stereocenters. The Labute approximate surface area is 114 Å². The van der Waals surface area contributed by atoms with E-state index in [2.05, 4.69) is 20.8 Å². The molecule has 4 saturated carbocycles. The van der Waals surface area contributed by atoms with Gasteiger partial charge in [-0.25, -0.2) is 0 Å². The van der Waals surface area contributed by atoms with Crippen molar-refractivity contribution in [2.75, 3.05) is 0 Å². The lowest BCUT2D eigenvalue weighted by Gasteiger charge is -2.69. The van der Waals surface area contributed by atoms with Crippen LogP contribution in [0.2, 0.25) is 0 Å². The fraction of sp³-hybridized carbons (Fsp3) is 0.933. The average Bonchev–Trinajstić information content (AvgIpc) is 2.07. The fourth-order valence-corrected chi connectivity index (χ4v) is 7.15. The van der Waals surface area contributed by atoms with Crippen molar-refractivity contribution in [1.29, 1.82) is 0 Å². The Bertz CT molecular complexity index is 363. The number of carbonyl (C=O) groups is 1. The molecule has 0 spiro atoms. The fourth-order valence-electron chi connectivity index (χ4n) is 6.92. The van der Waals surface area contributed by atoms with Gasteiger partial charge in [-0.15, -0.1) is 11.6 Å². The molecule has 0 unspecified atom stereocenters. The highest BCUT2D eigenvalue weighted by molar-refractivity contribution is 6.30. The summed E-state index contributed by atoms with van der Waals surface area (Å²) >= 11 is 6.32. The number of carboxylic acids is 1. The zero-order chi connectivity index (χ0) is 13.4. The second-order valence-electron chi connectivity index (χ2n) is 8.56. The molecule has 0 amide bonds. The van der Waals surface area contributed by atoms with Crippen LogP contribution in [0.3, 0.4) is 0 Å². The Balaban J connectivity index is 2.06. The van der Waals surface area contributed by atoms with Gasteiger partial charge in [0, 0.05) is 0 Å². The lowest BCUT2D eigenvalue weighted by molar-refractivity contribution is -0.189. The van der Waals surface area contributed by atoms with Gasteiger partial charge in [0.05, 0.1) is 0 Å². The molecule has 0 heterocycles. The lowest BCUT2D eigenvalue weighted by Crippen LogP contribution is -2.62. The van der Waals surface area contributed by atoms with Crippen molar-refractivity contribution in [1.82, 2.24) is 0 Å². The maximum Gasteiger partial charge on any atom is 0.322 e. The first-order valence-corrected chi connectivity index (χ1v) is 7.40. The molecule has 3 heteroatoms. The minimum Gasteiger partial charge on any atom is -0.480 e. The number of carboxylic acid groups (broad SMARTS) is 1. The van der Waals surface area contributed by atoms with Gasteiger partial charge in [0.25, 0.3) is 0 Å². The molecule has 18 heavy (non-hydrogen) atoms. The van der Waals surface area contributed by atoms with Crippen molar-refractivity contribution >= 4 is 17.6 Å². The Morgan fingerprint density at radius 2 is 1.28 bits per heavy atom. The molecule has 0 radical (unpaired) electrons. The van der Waals surface area contributed by atoms with E-state index in [1.165, 1.54) is 19.3 Å². The van der Waals surface area contributed by atoms with Crippen molar-refractivity contribution < 1.29 is 9.90 Å². The first kappa shape index (κ1) is 12.8. The zero-order valence-electron chi connectivity index (χ0n) is 11.6. The summed E-state index contributed by atoms with van der Waals surface area (Å²) in [6.45, 7) is 7.05. The van der Waals surface area contributed by atoms with E-state index in [4.69, 9.17) is 11.6 Å². The van der Waals surface area contributed by atoms with Crippen LogP contribution < -0.4 is 0 Å².